The summed E-state index contributed by atoms with van der Waals surface area (Å²) >= 11 is 1.49. The van der Waals surface area contributed by atoms with E-state index < -0.39 is 4.92 Å². The highest BCUT2D eigenvalue weighted by Gasteiger charge is 2.22. The maximum atomic E-state index is 13.2. The molecule has 3 aromatic rings. The molecule has 0 aliphatic rings. The van der Waals surface area contributed by atoms with E-state index in [9.17, 15) is 14.9 Å². The molecule has 1 heterocycles. The summed E-state index contributed by atoms with van der Waals surface area (Å²) in [5.41, 5.74) is 3.56. The lowest BCUT2D eigenvalue weighted by atomic mass is 10.1. The smallest absolute Gasteiger partial charge is 0.269 e. The van der Waals surface area contributed by atoms with Crippen molar-refractivity contribution >= 4 is 50.7 Å². The van der Waals surface area contributed by atoms with Crippen LogP contribution >= 0.6 is 23.7 Å². The first-order valence-electron chi connectivity index (χ1n) is 9.35. The van der Waals surface area contributed by atoms with Crippen molar-refractivity contribution in [2.75, 3.05) is 32.1 Å². The second-order valence-electron chi connectivity index (χ2n) is 7.27. The van der Waals surface area contributed by atoms with Crippen molar-refractivity contribution in [1.82, 2.24) is 9.88 Å². The van der Waals surface area contributed by atoms with Crippen molar-refractivity contribution in [3.63, 3.8) is 0 Å². The molecule has 30 heavy (non-hydrogen) atoms. The zero-order valence-electron chi connectivity index (χ0n) is 17.4. The van der Waals surface area contributed by atoms with E-state index in [1.807, 2.05) is 34.0 Å². The number of nitro benzene ring substituents is 1. The minimum atomic E-state index is -0.470. The molecule has 2 aromatic carbocycles. The first-order chi connectivity index (χ1) is 13.8. The standard InChI is InChI=1S/C21H24N4O3S.ClH/c1-14-6-11-18-19(15(14)2)22-21(29-18)24(13-5-12-23(3)4)20(26)16-7-9-17(10-8-16)25(27)28;/h6-11H,5,12-13H2,1-4H3;1H. The van der Waals surface area contributed by atoms with Gasteiger partial charge in [0, 0.05) is 24.2 Å². The Morgan fingerprint density at radius 3 is 2.37 bits per heavy atom. The van der Waals surface area contributed by atoms with Gasteiger partial charge in [-0.15, -0.1) is 12.4 Å². The van der Waals surface area contributed by atoms with Crippen molar-refractivity contribution in [3.05, 3.63) is 63.2 Å². The summed E-state index contributed by atoms with van der Waals surface area (Å²) in [6.07, 6.45) is 0.791. The lowest BCUT2D eigenvalue weighted by Gasteiger charge is -2.21. The van der Waals surface area contributed by atoms with E-state index >= 15 is 0 Å². The van der Waals surface area contributed by atoms with E-state index in [0.29, 0.717) is 17.2 Å². The third kappa shape index (κ3) is 5.13. The summed E-state index contributed by atoms with van der Waals surface area (Å²) in [4.78, 5) is 32.2. The van der Waals surface area contributed by atoms with Crippen LogP contribution in [0.15, 0.2) is 36.4 Å². The second kappa shape index (κ2) is 9.97. The number of hydrogen-bond donors (Lipinski definition) is 0. The van der Waals surface area contributed by atoms with Gasteiger partial charge in [-0.1, -0.05) is 17.4 Å². The number of thiazole rings is 1. The molecule has 0 N–H and O–H groups in total. The number of nitro groups is 1. The zero-order chi connectivity index (χ0) is 21.1. The average Bonchev–Trinajstić information content (AvgIpc) is 3.12. The number of aromatic nitrogens is 1. The van der Waals surface area contributed by atoms with E-state index in [0.717, 1.165) is 34.3 Å². The molecule has 0 spiro atoms. The predicted octanol–water partition coefficient (Wildman–Crippen LogP) is 4.84. The van der Waals surface area contributed by atoms with Crippen molar-refractivity contribution < 1.29 is 9.72 Å². The molecule has 9 heteroatoms. The van der Waals surface area contributed by atoms with Gasteiger partial charge in [-0.25, -0.2) is 4.98 Å². The minimum Gasteiger partial charge on any atom is -0.309 e. The van der Waals surface area contributed by atoms with Crippen molar-refractivity contribution in [2.24, 2.45) is 0 Å². The summed E-state index contributed by atoms with van der Waals surface area (Å²) in [6.45, 7) is 5.44. The van der Waals surface area contributed by atoms with Crippen LogP contribution in [0.2, 0.25) is 0 Å². The van der Waals surface area contributed by atoms with Crippen LogP contribution in [0.25, 0.3) is 10.2 Å². The molecule has 0 saturated heterocycles. The molecule has 0 atom stereocenters. The quantitative estimate of drug-likeness (QED) is 0.381. The summed E-state index contributed by atoms with van der Waals surface area (Å²) < 4.78 is 1.04. The van der Waals surface area contributed by atoms with E-state index in [2.05, 4.69) is 11.0 Å². The normalized spacial score (nSPS) is 10.8. The number of rotatable bonds is 7. The fourth-order valence-electron chi connectivity index (χ4n) is 3.04. The minimum absolute atomic E-state index is 0. The highest BCUT2D eigenvalue weighted by molar-refractivity contribution is 7.22. The second-order valence-corrected chi connectivity index (χ2v) is 8.28. The van der Waals surface area contributed by atoms with E-state index in [4.69, 9.17) is 4.98 Å². The molecule has 0 fully saturated rings. The fourth-order valence-corrected chi connectivity index (χ4v) is 4.09. The number of non-ortho nitro benzene ring substituents is 1. The Morgan fingerprint density at radius 1 is 1.10 bits per heavy atom. The van der Waals surface area contributed by atoms with Crippen LogP contribution in [0.3, 0.4) is 0 Å². The fraction of sp³-hybridized carbons (Fsp3) is 0.333. The molecule has 0 aliphatic carbocycles. The lowest BCUT2D eigenvalue weighted by Crippen LogP contribution is -2.33. The van der Waals surface area contributed by atoms with Crippen molar-refractivity contribution in [3.8, 4) is 0 Å². The Balaban J connectivity index is 0.00000320. The average molecular weight is 449 g/mol. The summed E-state index contributed by atoms with van der Waals surface area (Å²) in [6, 6.07) is 9.82. The van der Waals surface area contributed by atoms with Gasteiger partial charge in [0.25, 0.3) is 11.6 Å². The molecule has 3 rings (SSSR count). The van der Waals surface area contributed by atoms with Gasteiger partial charge in [0.2, 0.25) is 0 Å². The van der Waals surface area contributed by atoms with Gasteiger partial charge in [0.1, 0.15) is 0 Å². The van der Waals surface area contributed by atoms with Gasteiger partial charge < -0.3 is 4.90 Å². The molecule has 160 valence electrons. The zero-order valence-corrected chi connectivity index (χ0v) is 19.0. The van der Waals surface area contributed by atoms with Gasteiger partial charge in [-0.05, 0) is 70.2 Å². The first kappa shape index (κ1) is 23.7. The Kier molecular flexibility index (Phi) is 7.89. The molecule has 7 nitrogen and oxygen atoms in total. The van der Waals surface area contributed by atoms with Crippen LogP contribution in [0.5, 0.6) is 0 Å². The Hall–Kier alpha value is -2.55. The van der Waals surface area contributed by atoms with Crippen LogP contribution < -0.4 is 4.90 Å². The number of anilines is 1. The third-order valence-corrected chi connectivity index (χ3v) is 5.91. The topological polar surface area (TPSA) is 79.6 Å². The number of nitrogens with zero attached hydrogens (tertiary/aromatic N) is 4. The van der Waals surface area contributed by atoms with E-state index in [1.54, 1.807) is 4.90 Å². The van der Waals surface area contributed by atoms with Crippen LogP contribution in [0.4, 0.5) is 10.8 Å². The molecule has 1 amide bonds. The number of carbonyl (C=O) groups excluding carboxylic acids is 1. The molecular weight excluding hydrogens is 424 g/mol. The molecule has 0 aliphatic heterocycles. The third-order valence-electron chi connectivity index (χ3n) is 4.86. The van der Waals surface area contributed by atoms with Crippen LogP contribution in [-0.2, 0) is 0 Å². The van der Waals surface area contributed by atoms with Crippen molar-refractivity contribution in [2.45, 2.75) is 20.3 Å². The van der Waals surface area contributed by atoms with Crippen LogP contribution in [0.1, 0.15) is 27.9 Å². The Labute approximate surface area is 185 Å². The van der Waals surface area contributed by atoms with Gasteiger partial charge in [0.15, 0.2) is 5.13 Å². The molecule has 0 saturated carbocycles. The van der Waals surface area contributed by atoms with Gasteiger partial charge in [0.05, 0.1) is 15.1 Å². The Bertz CT molecular complexity index is 1050. The van der Waals surface area contributed by atoms with Gasteiger partial charge in [-0.2, -0.15) is 0 Å². The number of hydrogen-bond acceptors (Lipinski definition) is 6. The summed E-state index contributed by atoms with van der Waals surface area (Å²) in [5, 5.41) is 11.5. The highest BCUT2D eigenvalue weighted by atomic mass is 35.5. The lowest BCUT2D eigenvalue weighted by molar-refractivity contribution is -0.384. The van der Waals surface area contributed by atoms with Crippen molar-refractivity contribution in [1.29, 1.82) is 0 Å². The van der Waals surface area contributed by atoms with Gasteiger partial charge >= 0.3 is 0 Å². The number of amides is 1. The maximum absolute atomic E-state index is 13.2. The van der Waals surface area contributed by atoms with E-state index in [-0.39, 0.29) is 24.0 Å². The monoisotopic (exact) mass is 448 g/mol. The number of fused-ring (bicyclic) bond motifs is 1. The first-order valence-corrected chi connectivity index (χ1v) is 10.2. The number of carbonyl (C=O) groups is 1. The maximum Gasteiger partial charge on any atom is 0.269 e. The molecule has 0 radical (unpaired) electrons. The highest BCUT2D eigenvalue weighted by Crippen LogP contribution is 2.32. The number of benzene rings is 2. The number of aryl methyl sites for hydroxylation is 2. The SMILES string of the molecule is Cc1ccc2sc(N(CCCN(C)C)C(=O)c3ccc([N+](=O)[O-])cc3)nc2c1C.Cl. The molecule has 0 unspecified atom stereocenters. The van der Waals surface area contributed by atoms with Crippen LogP contribution in [0, 0.1) is 24.0 Å². The molecule has 0 bridgehead atoms. The molecular formula is C21H25ClN4O3S. The van der Waals surface area contributed by atoms with Gasteiger partial charge in [-0.3, -0.25) is 19.8 Å². The number of halogens is 1. The van der Waals surface area contributed by atoms with Crippen LogP contribution in [-0.4, -0.2) is 47.9 Å². The largest absolute Gasteiger partial charge is 0.309 e. The predicted molar refractivity (Wildman–Crippen MR) is 124 cm³/mol. The van der Waals surface area contributed by atoms with E-state index in [1.165, 1.54) is 35.6 Å². The summed E-state index contributed by atoms with van der Waals surface area (Å²) in [5.74, 6) is -0.202. The molecule has 1 aromatic heterocycles. The summed E-state index contributed by atoms with van der Waals surface area (Å²) in [7, 11) is 3.98. The Morgan fingerprint density at radius 2 is 1.77 bits per heavy atom.